The van der Waals surface area contributed by atoms with E-state index in [0.29, 0.717) is 40.1 Å². The van der Waals surface area contributed by atoms with Gasteiger partial charge in [-0.2, -0.15) is 0 Å². The Morgan fingerprint density at radius 3 is 2.54 bits per heavy atom. The molecule has 8 heteroatoms. The van der Waals surface area contributed by atoms with Crippen LogP contribution in [0.5, 0.6) is 5.75 Å². The van der Waals surface area contributed by atoms with Crippen molar-refractivity contribution in [3.8, 4) is 17.2 Å². The van der Waals surface area contributed by atoms with Crippen molar-refractivity contribution in [2.75, 3.05) is 0 Å². The summed E-state index contributed by atoms with van der Waals surface area (Å²) in [6.45, 7) is 1.93. The Morgan fingerprint density at radius 1 is 1.00 bits per heavy atom. The molecular weight excluding hydrogens is 492 g/mol. The van der Waals surface area contributed by atoms with E-state index in [1.54, 1.807) is 24.3 Å². The quantitative estimate of drug-likeness (QED) is 0.220. The molecule has 0 amide bonds. The Labute approximate surface area is 218 Å². The van der Waals surface area contributed by atoms with Crippen LogP contribution in [0.25, 0.3) is 22.6 Å². The van der Waals surface area contributed by atoms with E-state index in [-0.39, 0.29) is 6.42 Å². The van der Waals surface area contributed by atoms with Gasteiger partial charge < -0.3 is 18.7 Å². The first-order chi connectivity index (χ1) is 17.9. The molecule has 37 heavy (non-hydrogen) atoms. The highest BCUT2D eigenvalue weighted by Crippen LogP contribution is 2.24. The summed E-state index contributed by atoms with van der Waals surface area (Å²) >= 11 is 5.90. The number of fused-ring (bicyclic) bond motifs is 1. The van der Waals surface area contributed by atoms with Crippen molar-refractivity contribution in [3.63, 3.8) is 0 Å². The number of aliphatic carboxylic acids is 1. The molecular formula is C29H25ClN2O5. The smallest absolute Gasteiger partial charge is 0.345 e. The molecule has 1 atom stereocenters. The van der Waals surface area contributed by atoms with Crippen molar-refractivity contribution in [3.05, 3.63) is 101 Å². The Bertz CT molecular complexity index is 1510. The second-order valence-corrected chi connectivity index (χ2v) is 9.19. The van der Waals surface area contributed by atoms with Crippen molar-refractivity contribution in [1.82, 2.24) is 9.97 Å². The van der Waals surface area contributed by atoms with Gasteiger partial charge in [0.05, 0.1) is 5.69 Å². The Kier molecular flexibility index (Phi) is 7.23. The molecule has 0 saturated heterocycles. The molecule has 188 valence electrons. The van der Waals surface area contributed by atoms with Crippen LogP contribution in [0.3, 0.4) is 0 Å². The summed E-state index contributed by atoms with van der Waals surface area (Å²) in [6, 6.07) is 21.9. The fourth-order valence-corrected chi connectivity index (χ4v) is 4.22. The lowest BCUT2D eigenvalue weighted by molar-refractivity contribution is -0.145. The monoisotopic (exact) mass is 516 g/mol. The molecule has 2 aromatic heterocycles. The average molecular weight is 517 g/mol. The van der Waals surface area contributed by atoms with Crippen molar-refractivity contribution in [2.24, 2.45) is 0 Å². The fourth-order valence-electron chi connectivity index (χ4n) is 4.10. The minimum atomic E-state index is -1.05. The lowest BCUT2D eigenvalue weighted by Gasteiger charge is -2.15. The molecule has 0 unspecified atom stereocenters. The molecule has 0 spiro atoms. The summed E-state index contributed by atoms with van der Waals surface area (Å²) in [7, 11) is 0. The summed E-state index contributed by atoms with van der Waals surface area (Å²) < 4.78 is 17.4. The van der Waals surface area contributed by atoms with E-state index in [1.807, 2.05) is 55.5 Å². The van der Waals surface area contributed by atoms with Gasteiger partial charge in [-0.15, -0.1) is 0 Å². The second kappa shape index (κ2) is 10.9. The number of rotatable bonds is 10. The zero-order chi connectivity index (χ0) is 25.8. The first kappa shape index (κ1) is 24.6. The maximum atomic E-state index is 11.8. The summed E-state index contributed by atoms with van der Waals surface area (Å²) in [5.74, 6) is 1.47. The average Bonchev–Trinajstić information content (AvgIpc) is 3.48. The van der Waals surface area contributed by atoms with Crippen molar-refractivity contribution in [1.29, 1.82) is 0 Å². The standard InChI is InChI=1S/C29H25ClN2O5/c1-18-23(32-28(35-18)20-6-3-2-4-7-20)8-5-9-27-31-24-16-19(10-15-25(24)37-27)17-26(29(33)34)36-22-13-11-21(30)12-14-22/h2-4,6-7,10-16,26H,5,8-9,17H2,1H3,(H,33,34)/t26-/m0/s1. The van der Waals surface area contributed by atoms with Crippen LogP contribution in [0.2, 0.25) is 5.02 Å². The highest BCUT2D eigenvalue weighted by Gasteiger charge is 2.21. The highest BCUT2D eigenvalue weighted by molar-refractivity contribution is 6.30. The molecule has 0 aliphatic carbocycles. The normalized spacial score (nSPS) is 12.1. The second-order valence-electron chi connectivity index (χ2n) is 8.75. The molecule has 1 N–H and O–H groups in total. The molecule has 0 aliphatic rings. The van der Waals surface area contributed by atoms with E-state index in [9.17, 15) is 9.90 Å². The summed E-state index contributed by atoms with van der Waals surface area (Å²) in [5.41, 5.74) is 4.02. The minimum Gasteiger partial charge on any atom is -0.478 e. The van der Waals surface area contributed by atoms with Crippen LogP contribution in [0.15, 0.2) is 81.6 Å². The molecule has 3 aromatic carbocycles. The Morgan fingerprint density at radius 2 is 1.78 bits per heavy atom. The number of nitrogens with zero attached hydrogens (tertiary/aromatic N) is 2. The first-order valence-electron chi connectivity index (χ1n) is 12.0. The maximum Gasteiger partial charge on any atom is 0.345 e. The van der Waals surface area contributed by atoms with Gasteiger partial charge in [0.15, 0.2) is 17.6 Å². The number of hydrogen-bond donors (Lipinski definition) is 1. The van der Waals surface area contributed by atoms with Crippen LogP contribution in [-0.4, -0.2) is 27.1 Å². The van der Waals surface area contributed by atoms with Gasteiger partial charge in [-0.05, 0) is 73.9 Å². The van der Waals surface area contributed by atoms with Crippen LogP contribution in [-0.2, 0) is 24.1 Å². The summed E-state index contributed by atoms with van der Waals surface area (Å²) in [5, 5.41) is 10.2. The van der Waals surface area contributed by atoms with Gasteiger partial charge in [-0.3, -0.25) is 0 Å². The van der Waals surface area contributed by atoms with Gasteiger partial charge in [0.25, 0.3) is 0 Å². The number of carbonyl (C=O) groups is 1. The predicted molar refractivity (Wildman–Crippen MR) is 140 cm³/mol. The van der Waals surface area contributed by atoms with Crippen molar-refractivity contribution < 1.29 is 23.5 Å². The number of aryl methyl sites for hydroxylation is 3. The van der Waals surface area contributed by atoms with E-state index in [1.165, 1.54) is 0 Å². The van der Waals surface area contributed by atoms with Gasteiger partial charge in [0.1, 0.15) is 17.0 Å². The molecule has 2 heterocycles. The van der Waals surface area contributed by atoms with Crippen molar-refractivity contribution in [2.45, 2.75) is 38.7 Å². The van der Waals surface area contributed by atoms with Crippen LogP contribution < -0.4 is 4.74 Å². The van der Waals surface area contributed by atoms with Crippen molar-refractivity contribution >= 4 is 28.7 Å². The van der Waals surface area contributed by atoms with Gasteiger partial charge in [0.2, 0.25) is 5.89 Å². The molecule has 0 bridgehead atoms. The summed E-state index contributed by atoms with van der Waals surface area (Å²) in [4.78, 5) is 21.1. The molecule has 5 aromatic rings. The van der Waals surface area contributed by atoms with Gasteiger partial charge in [-0.25, -0.2) is 14.8 Å². The van der Waals surface area contributed by atoms with E-state index in [2.05, 4.69) is 9.97 Å². The summed E-state index contributed by atoms with van der Waals surface area (Å²) in [6.07, 6.45) is 1.34. The number of halogens is 1. The number of carboxylic acids is 1. The fraction of sp³-hybridized carbons (Fsp3) is 0.207. The Balaban J connectivity index is 1.22. The number of oxazole rings is 2. The predicted octanol–water partition coefficient (Wildman–Crippen LogP) is 6.69. The lowest BCUT2D eigenvalue weighted by atomic mass is 10.1. The van der Waals surface area contributed by atoms with Crippen LogP contribution in [0.1, 0.15) is 29.3 Å². The third kappa shape index (κ3) is 6.01. The maximum absolute atomic E-state index is 11.8. The van der Waals surface area contributed by atoms with Gasteiger partial charge in [-0.1, -0.05) is 35.9 Å². The van der Waals surface area contributed by atoms with E-state index < -0.39 is 12.1 Å². The first-order valence-corrected chi connectivity index (χ1v) is 12.4. The van der Waals surface area contributed by atoms with Gasteiger partial charge in [0, 0.05) is 23.4 Å². The van der Waals surface area contributed by atoms with E-state index in [4.69, 9.17) is 25.2 Å². The molecule has 7 nitrogen and oxygen atoms in total. The molecule has 0 fully saturated rings. The molecule has 0 radical (unpaired) electrons. The zero-order valence-electron chi connectivity index (χ0n) is 20.2. The van der Waals surface area contributed by atoms with Crippen LogP contribution in [0, 0.1) is 6.92 Å². The van der Waals surface area contributed by atoms with Gasteiger partial charge >= 0.3 is 5.97 Å². The molecule has 5 rings (SSSR count). The largest absolute Gasteiger partial charge is 0.478 e. The highest BCUT2D eigenvalue weighted by atomic mass is 35.5. The van der Waals surface area contributed by atoms with E-state index in [0.717, 1.165) is 35.4 Å². The molecule has 0 saturated carbocycles. The van der Waals surface area contributed by atoms with Crippen LogP contribution >= 0.6 is 11.6 Å². The SMILES string of the molecule is Cc1oc(-c2ccccc2)nc1CCCc1nc2cc(C[C@H](Oc3ccc(Cl)cc3)C(=O)O)ccc2o1. The number of benzene rings is 3. The number of hydrogen-bond acceptors (Lipinski definition) is 6. The topological polar surface area (TPSA) is 98.6 Å². The third-order valence-electron chi connectivity index (χ3n) is 6.00. The zero-order valence-corrected chi connectivity index (χ0v) is 20.9. The minimum absolute atomic E-state index is 0.186. The lowest BCUT2D eigenvalue weighted by Crippen LogP contribution is -2.29. The Hall–Kier alpha value is -4.10. The number of ether oxygens (including phenoxy) is 1. The number of aromatic nitrogens is 2. The molecule has 0 aliphatic heterocycles. The van der Waals surface area contributed by atoms with E-state index >= 15 is 0 Å². The third-order valence-corrected chi connectivity index (χ3v) is 6.25. The van der Waals surface area contributed by atoms with Crippen LogP contribution in [0.4, 0.5) is 0 Å². The number of carboxylic acid groups (broad SMARTS) is 1.